The van der Waals surface area contributed by atoms with Gasteiger partial charge >= 0.3 is 0 Å². The van der Waals surface area contributed by atoms with Crippen LogP contribution in [0, 0.1) is 0 Å². The smallest absolute Gasteiger partial charge is 0.0651 e. The lowest BCUT2D eigenvalue weighted by molar-refractivity contribution is 0.602. The average molecular weight is 260 g/mol. The fourth-order valence-corrected chi connectivity index (χ4v) is 2.48. The van der Waals surface area contributed by atoms with E-state index in [1.807, 2.05) is 31.2 Å². The quantitative estimate of drug-likeness (QED) is 0.882. The zero-order chi connectivity index (χ0) is 13.2. The largest absolute Gasteiger partial charge is 0.318 e. The van der Waals surface area contributed by atoms with Gasteiger partial charge in [-0.3, -0.25) is 0 Å². The van der Waals surface area contributed by atoms with Crippen molar-refractivity contribution in [3.05, 3.63) is 70.2 Å². The summed E-state index contributed by atoms with van der Waals surface area (Å²) in [6.45, 7) is 4.14. The van der Waals surface area contributed by atoms with Gasteiger partial charge in [0, 0.05) is 5.02 Å². The monoisotopic (exact) mass is 259 g/mol. The van der Waals surface area contributed by atoms with Crippen LogP contribution >= 0.6 is 11.6 Å². The Kier molecular flexibility index (Phi) is 3.74. The van der Waals surface area contributed by atoms with Crippen molar-refractivity contribution in [2.75, 3.05) is 0 Å². The summed E-state index contributed by atoms with van der Waals surface area (Å²) in [5.74, 6) is 0. The van der Waals surface area contributed by atoms with Crippen LogP contribution in [0.25, 0.3) is 0 Å². The Bertz CT molecular complexity index is 546. The molecule has 0 bridgehead atoms. The molecule has 0 radical (unpaired) electrons. The molecule has 2 rings (SSSR count). The van der Waals surface area contributed by atoms with E-state index in [4.69, 9.17) is 17.3 Å². The second-order valence-electron chi connectivity index (χ2n) is 4.74. The van der Waals surface area contributed by atoms with Gasteiger partial charge in [0.25, 0.3) is 0 Å². The zero-order valence-corrected chi connectivity index (χ0v) is 11.5. The summed E-state index contributed by atoms with van der Waals surface area (Å²) < 4.78 is 0. The number of benzene rings is 2. The molecule has 1 nitrogen and oxygen atoms in total. The number of rotatable bonds is 3. The lowest BCUT2D eigenvalue weighted by Gasteiger charge is -2.27. The van der Waals surface area contributed by atoms with Gasteiger partial charge in [0.2, 0.25) is 0 Å². The third-order valence-corrected chi connectivity index (χ3v) is 3.70. The first-order valence-electron chi connectivity index (χ1n) is 6.19. The average Bonchev–Trinajstić information content (AvgIpc) is 2.39. The standard InChI is InChI=1S/C16H18ClN/c1-3-12-7-6-8-13(11-12)16(2,18)14-9-4-5-10-15(14)17/h4-11H,3,18H2,1-2H3. The van der Waals surface area contributed by atoms with Gasteiger partial charge in [0.05, 0.1) is 5.54 Å². The summed E-state index contributed by atoms with van der Waals surface area (Å²) >= 11 is 6.25. The number of aryl methyl sites for hydroxylation is 1. The van der Waals surface area contributed by atoms with E-state index in [0.29, 0.717) is 5.02 Å². The van der Waals surface area contributed by atoms with Gasteiger partial charge in [-0.25, -0.2) is 0 Å². The van der Waals surface area contributed by atoms with Crippen LogP contribution in [0.1, 0.15) is 30.5 Å². The van der Waals surface area contributed by atoms with Crippen molar-refractivity contribution < 1.29 is 0 Å². The van der Waals surface area contributed by atoms with Crippen LogP contribution in [0.2, 0.25) is 5.02 Å². The van der Waals surface area contributed by atoms with E-state index in [1.54, 1.807) is 0 Å². The molecule has 0 aromatic heterocycles. The van der Waals surface area contributed by atoms with E-state index < -0.39 is 5.54 Å². The van der Waals surface area contributed by atoms with E-state index in [1.165, 1.54) is 5.56 Å². The van der Waals surface area contributed by atoms with Gasteiger partial charge in [-0.2, -0.15) is 0 Å². The molecule has 1 atom stereocenters. The second kappa shape index (κ2) is 5.13. The van der Waals surface area contributed by atoms with Gasteiger partial charge in [0.1, 0.15) is 0 Å². The van der Waals surface area contributed by atoms with Crippen LogP contribution in [0.5, 0.6) is 0 Å². The highest BCUT2D eigenvalue weighted by molar-refractivity contribution is 6.31. The van der Waals surface area contributed by atoms with Gasteiger partial charge in [-0.15, -0.1) is 0 Å². The van der Waals surface area contributed by atoms with E-state index in [-0.39, 0.29) is 0 Å². The van der Waals surface area contributed by atoms with Crippen LogP contribution < -0.4 is 5.73 Å². The summed E-state index contributed by atoms with van der Waals surface area (Å²) in [7, 11) is 0. The minimum absolute atomic E-state index is 0.566. The van der Waals surface area contributed by atoms with Crippen LogP contribution in [-0.4, -0.2) is 0 Å². The predicted octanol–water partition coefficient (Wildman–Crippen LogP) is 4.12. The lowest BCUT2D eigenvalue weighted by Crippen LogP contribution is -2.34. The fraction of sp³-hybridized carbons (Fsp3) is 0.250. The highest BCUT2D eigenvalue weighted by atomic mass is 35.5. The summed E-state index contributed by atoms with van der Waals surface area (Å²) in [5, 5.41) is 0.712. The first-order valence-corrected chi connectivity index (χ1v) is 6.56. The van der Waals surface area contributed by atoms with Crippen molar-refractivity contribution in [2.24, 2.45) is 5.73 Å². The second-order valence-corrected chi connectivity index (χ2v) is 5.14. The Morgan fingerprint density at radius 2 is 1.83 bits per heavy atom. The predicted molar refractivity (Wildman–Crippen MR) is 77.9 cm³/mol. The molecule has 1 unspecified atom stereocenters. The number of nitrogens with two attached hydrogens (primary N) is 1. The third kappa shape index (κ3) is 2.43. The van der Waals surface area contributed by atoms with Crippen molar-refractivity contribution in [3.8, 4) is 0 Å². The molecule has 0 amide bonds. The summed E-state index contributed by atoms with van der Waals surface area (Å²) in [5.41, 5.74) is 9.27. The zero-order valence-electron chi connectivity index (χ0n) is 10.8. The molecule has 0 aliphatic carbocycles. The van der Waals surface area contributed by atoms with E-state index >= 15 is 0 Å². The first-order chi connectivity index (χ1) is 8.55. The van der Waals surface area contributed by atoms with Crippen molar-refractivity contribution >= 4 is 11.6 Å². The Morgan fingerprint density at radius 1 is 1.11 bits per heavy atom. The van der Waals surface area contributed by atoms with Crippen molar-refractivity contribution in [1.82, 2.24) is 0 Å². The molecule has 0 saturated heterocycles. The van der Waals surface area contributed by atoms with Crippen LogP contribution in [-0.2, 0) is 12.0 Å². The summed E-state index contributed by atoms with van der Waals surface area (Å²) in [6, 6.07) is 16.1. The van der Waals surface area contributed by atoms with Gasteiger partial charge in [-0.05, 0) is 36.1 Å². The van der Waals surface area contributed by atoms with Crippen molar-refractivity contribution in [1.29, 1.82) is 0 Å². The molecule has 2 N–H and O–H groups in total. The highest BCUT2D eigenvalue weighted by Gasteiger charge is 2.25. The first kappa shape index (κ1) is 13.1. The Labute approximate surface area is 114 Å². The van der Waals surface area contributed by atoms with Gasteiger partial charge in [-0.1, -0.05) is 61.0 Å². The molecule has 18 heavy (non-hydrogen) atoms. The van der Waals surface area contributed by atoms with Gasteiger partial charge < -0.3 is 5.73 Å². The maximum Gasteiger partial charge on any atom is 0.0651 e. The Balaban J connectivity index is 2.50. The van der Waals surface area contributed by atoms with Crippen molar-refractivity contribution in [3.63, 3.8) is 0 Å². The molecule has 0 aliphatic heterocycles. The lowest BCUT2D eigenvalue weighted by atomic mass is 9.85. The van der Waals surface area contributed by atoms with Crippen LogP contribution in [0.4, 0.5) is 0 Å². The molecule has 94 valence electrons. The van der Waals surface area contributed by atoms with Crippen LogP contribution in [0.3, 0.4) is 0 Å². The molecule has 0 saturated carbocycles. The van der Waals surface area contributed by atoms with E-state index in [0.717, 1.165) is 17.5 Å². The van der Waals surface area contributed by atoms with Crippen molar-refractivity contribution in [2.45, 2.75) is 25.8 Å². The SMILES string of the molecule is CCc1cccc(C(C)(N)c2ccccc2Cl)c1. The maximum atomic E-state index is 6.50. The summed E-state index contributed by atoms with van der Waals surface area (Å²) in [4.78, 5) is 0. The molecule has 0 fully saturated rings. The number of hydrogen-bond acceptors (Lipinski definition) is 1. The third-order valence-electron chi connectivity index (χ3n) is 3.37. The van der Waals surface area contributed by atoms with E-state index in [2.05, 4.69) is 31.2 Å². The Hall–Kier alpha value is -1.31. The molecule has 2 aromatic rings. The molecule has 2 heteroatoms. The van der Waals surface area contributed by atoms with Gasteiger partial charge in [0.15, 0.2) is 0 Å². The Morgan fingerprint density at radius 3 is 2.50 bits per heavy atom. The molecule has 2 aromatic carbocycles. The topological polar surface area (TPSA) is 26.0 Å². The maximum absolute atomic E-state index is 6.50. The molecular weight excluding hydrogens is 242 g/mol. The highest BCUT2D eigenvalue weighted by Crippen LogP contribution is 2.31. The van der Waals surface area contributed by atoms with E-state index in [9.17, 15) is 0 Å². The summed E-state index contributed by atoms with van der Waals surface area (Å²) in [6.07, 6.45) is 1.01. The minimum atomic E-state index is -0.566. The fourth-order valence-electron chi connectivity index (χ4n) is 2.15. The molecule has 0 spiro atoms. The normalized spacial score (nSPS) is 14.2. The van der Waals surface area contributed by atoms with Crippen LogP contribution in [0.15, 0.2) is 48.5 Å². The number of halogens is 1. The minimum Gasteiger partial charge on any atom is -0.318 e. The molecular formula is C16H18ClN. The molecule has 0 aliphatic rings. The molecule has 0 heterocycles. The number of hydrogen-bond donors (Lipinski definition) is 1.